The van der Waals surface area contributed by atoms with Crippen LogP contribution in [0.5, 0.6) is 0 Å². The standard InChI is InChI=1S/C17H17FN2O4S2/c1-26(23,24)11-12-6-8-13(9-7-12)17(22)20-19-16(21)10-25-15-5-3-2-4-14(15)18/h2-9H,10-11H2,1H3,(H,19,21)(H,20,22). The lowest BCUT2D eigenvalue weighted by molar-refractivity contribution is -0.119. The molecule has 2 aromatic rings. The van der Waals surface area contributed by atoms with Gasteiger partial charge in [0, 0.05) is 16.7 Å². The minimum absolute atomic E-state index is 0.0610. The Bertz CT molecular complexity index is 899. The summed E-state index contributed by atoms with van der Waals surface area (Å²) in [6.07, 6.45) is 1.13. The first-order chi connectivity index (χ1) is 12.2. The average molecular weight is 396 g/mol. The van der Waals surface area contributed by atoms with Crippen LogP contribution >= 0.6 is 11.8 Å². The monoisotopic (exact) mass is 396 g/mol. The van der Waals surface area contributed by atoms with Gasteiger partial charge in [0.25, 0.3) is 5.91 Å². The van der Waals surface area contributed by atoms with E-state index in [1.54, 1.807) is 18.2 Å². The van der Waals surface area contributed by atoms with Gasteiger partial charge in [-0.15, -0.1) is 11.8 Å². The van der Waals surface area contributed by atoms with Gasteiger partial charge in [0.1, 0.15) is 5.82 Å². The SMILES string of the molecule is CS(=O)(=O)Cc1ccc(C(=O)NNC(=O)CSc2ccccc2F)cc1. The molecule has 0 aliphatic rings. The van der Waals surface area contributed by atoms with Crippen LogP contribution in [0.3, 0.4) is 0 Å². The van der Waals surface area contributed by atoms with Crippen LogP contribution in [0, 0.1) is 5.82 Å². The van der Waals surface area contributed by atoms with Gasteiger partial charge in [-0.05, 0) is 29.8 Å². The number of carbonyl (C=O) groups is 2. The fourth-order valence-electron chi connectivity index (χ4n) is 1.99. The number of hydrogen-bond acceptors (Lipinski definition) is 5. The van der Waals surface area contributed by atoms with Crippen LogP contribution in [0.25, 0.3) is 0 Å². The number of hydrazine groups is 1. The van der Waals surface area contributed by atoms with E-state index in [-0.39, 0.29) is 17.1 Å². The topological polar surface area (TPSA) is 92.3 Å². The number of halogens is 1. The number of thioether (sulfide) groups is 1. The van der Waals surface area contributed by atoms with Gasteiger partial charge in [0.05, 0.1) is 11.5 Å². The van der Waals surface area contributed by atoms with Crippen molar-refractivity contribution >= 4 is 33.4 Å². The van der Waals surface area contributed by atoms with E-state index in [9.17, 15) is 22.4 Å². The summed E-state index contributed by atoms with van der Waals surface area (Å²) in [4.78, 5) is 24.0. The molecule has 2 amide bonds. The fraction of sp³-hybridized carbons (Fsp3) is 0.176. The third-order valence-electron chi connectivity index (χ3n) is 3.16. The summed E-state index contributed by atoms with van der Waals surface area (Å²) >= 11 is 1.01. The van der Waals surface area contributed by atoms with Gasteiger partial charge in [-0.2, -0.15) is 0 Å². The Kier molecular flexibility index (Phi) is 6.76. The molecule has 2 aromatic carbocycles. The zero-order valence-corrected chi connectivity index (χ0v) is 15.5. The molecule has 138 valence electrons. The van der Waals surface area contributed by atoms with Crippen LogP contribution in [0.1, 0.15) is 15.9 Å². The Morgan fingerprint density at radius 1 is 1.04 bits per heavy atom. The molecular formula is C17H17FN2O4S2. The van der Waals surface area contributed by atoms with E-state index in [1.807, 2.05) is 0 Å². The van der Waals surface area contributed by atoms with Crippen molar-refractivity contribution < 1.29 is 22.4 Å². The highest BCUT2D eigenvalue weighted by Crippen LogP contribution is 2.20. The van der Waals surface area contributed by atoms with E-state index in [0.717, 1.165) is 18.0 Å². The third-order valence-corrected chi connectivity index (χ3v) is 5.06. The first kappa shape index (κ1) is 19.9. The van der Waals surface area contributed by atoms with E-state index in [0.29, 0.717) is 10.5 Å². The molecule has 0 aliphatic carbocycles. The maximum atomic E-state index is 13.5. The first-order valence-electron chi connectivity index (χ1n) is 7.48. The molecule has 6 nitrogen and oxygen atoms in total. The van der Waals surface area contributed by atoms with E-state index in [1.165, 1.54) is 30.3 Å². The number of amides is 2. The van der Waals surface area contributed by atoms with Crippen molar-refractivity contribution in [1.29, 1.82) is 0 Å². The Hall–Kier alpha value is -2.39. The first-order valence-corrected chi connectivity index (χ1v) is 10.5. The summed E-state index contributed by atoms with van der Waals surface area (Å²) in [7, 11) is -3.15. The Morgan fingerprint density at radius 2 is 1.69 bits per heavy atom. The lowest BCUT2D eigenvalue weighted by atomic mass is 10.1. The van der Waals surface area contributed by atoms with Gasteiger partial charge >= 0.3 is 0 Å². The minimum atomic E-state index is -3.15. The van der Waals surface area contributed by atoms with Crippen LogP contribution in [-0.2, 0) is 20.4 Å². The molecule has 0 aromatic heterocycles. The van der Waals surface area contributed by atoms with Gasteiger partial charge in [-0.3, -0.25) is 20.4 Å². The number of rotatable bonds is 6. The zero-order valence-electron chi connectivity index (χ0n) is 13.9. The lowest BCUT2D eigenvalue weighted by Gasteiger charge is -2.08. The summed E-state index contributed by atoms with van der Waals surface area (Å²) in [5.74, 6) is -1.61. The van der Waals surface area contributed by atoms with Crippen molar-refractivity contribution in [2.75, 3.05) is 12.0 Å². The van der Waals surface area contributed by atoms with Crippen molar-refractivity contribution in [3.63, 3.8) is 0 Å². The van der Waals surface area contributed by atoms with E-state index in [4.69, 9.17) is 0 Å². The quantitative estimate of drug-likeness (QED) is 0.575. The van der Waals surface area contributed by atoms with Gasteiger partial charge in [0.15, 0.2) is 9.84 Å². The fourth-order valence-corrected chi connectivity index (χ4v) is 3.53. The van der Waals surface area contributed by atoms with Crippen molar-refractivity contribution in [2.24, 2.45) is 0 Å². The predicted octanol–water partition coefficient (Wildman–Crippen LogP) is 1.92. The largest absolute Gasteiger partial charge is 0.272 e. The van der Waals surface area contributed by atoms with E-state index in [2.05, 4.69) is 10.9 Å². The van der Waals surface area contributed by atoms with Gasteiger partial charge in [0.2, 0.25) is 5.91 Å². The summed E-state index contributed by atoms with van der Waals surface area (Å²) in [5.41, 5.74) is 5.33. The smallest absolute Gasteiger partial charge is 0.269 e. The number of carbonyl (C=O) groups excluding carboxylic acids is 2. The molecule has 0 saturated carbocycles. The van der Waals surface area contributed by atoms with E-state index >= 15 is 0 Å². The Labute approximate surface area is 155 Å². The molecule has 0 fully saturated rings. The molecule has 9 heteroatoms. The molecule has 0 radical (unpaired) electrons. The summed E-state index contributed by atoms with van der Waals surface area (Å²) in [6, 6.07) is 12.1. The number of sulfone groups is 1. The van der Waals surface area contributed by atoms with Crippen molar-refractivity contribution in [1.82, 2.24) is 10.9 Å². The number of nitrogens with one attached hydrogen (secondary N) is 2. The van der Waals surface area contributed by atoms with Crippen LogP contribution in [0.15, 0.2) is 53.4 Å². The molecule has 0 heterocycles. The third kappa shape index (κ3) is 6.49. The maximum Gasteiger partial charge on any atom is 0.269 e. The van der Waals surface area contributed by atoms with Crippen LogP contribution in [-0.4, -0.2) is 32.2 Å². The number of benzene rings is 2. The molecule has 0 spiro atoms. The van der Waals surface area contributed by atoms with Crippen molar-refractivity contribution in [3.8, 4) is 0 Å². The predicted molar refractivity (Wildman–Crippen MR) is 97.7 cm³/mol. The summed E-state index contributed by atoms with van der Waals surface area (Å²) in [6.45, 7) is 0. The second-order valence-corrected chi connectivity index (χ2v) is 8.65. The molecule has 2 N–H and O–H groups in total. The molecular weight excluding hydrogens is 379 g/mol. The van der Waals surface area contributed by atoms with E-state index < -0.39 is 27.5 Å². The molecule has 0 bridgehead atoms. The second-order valence-electron chi connectivity index (χ2n) is 5.49. The average Bonchev–Trinajstić information content (AvgIpc) is 2.58. The van der Waals surface area contributed by atoms with Crippen LogP contribution in [0.2, 0.25) is 0 Å². The van der Waals surface area contributed by atoms with Gasteiger partial charge in [-0.25, -0.2) is 12.8 Å². The summed E-state index contributed by atoms with van der Waals surface area (Å²) < 4.78 is 35.9. The van der Waals surface area contributed by atoms with Gasteiger partial charge < -0.3 is 0 Å². The van der Waals surface area contributed by atoms with Crippen molar-refractivity contribution in [3.05, 3.63) is 65.5 Å². The summed E-state index contributed by atoms with van der Waals surface area (Å²) in [5, 5.41) is 0. The molecule has 0 atom stereocenters. The molecule has 0 aliphatic heterocycles. The zero-order chi connectivity index (χ0) is 19.2. The lowest BCUT2D eigenvalue weighted by Crippen LogP contribution is -2.42. The molecule has 26 heavy (non-hydrogen) atoms. The Morgan fingerprint density at radius 3 is 2.31 bits per heavy atom. The Balaban J connectivity index is 1.82. The molecule has 2 rings (SSSR count). The van der Waals surface area contributed by atoms with Crippen molar-refractivity contribution in [2.45, 2.75) is 10.6 Å². The molecule has 0 saturated heterocycles. The van der Waals surface area contributed by atoms with Crippen LogP contribution < -0.4 is 10.9 Å². The second kappa shape index (κ2) is 8.81. The number of hydrogen-bond donors (Lipinski definition) is 2. The van der Waals surface area contributed by atoms with Gasteiger partial charge in [-0.1, -0.05) is 24.3 Å². The maximum absolute atomic E-state index is 13.5. The molecule has 0 unspecified atom stereocenters. The highest BCUT2D eigenvalue weighted by atomic mass is 32.2. The highest BCUT2D eigenvalue weighted by molar-refractivity contribution is 8.00. The normalized spacial score (nSPS) is 11.0. The highest BCUT2D eigenvalue weighted by Gasteiger charge is 2.10. The minimum Gasteiger partial charge on any atom is -0.272 e. The van der Waals surface area contributed by atoms with Crippen LogP contribution in [0.4, 0.5) is 4.39 Å².